The maximum atomic E-state index is 13.3. The third-order valence-electron chi connectivity index (χ3n) is 13.8. The van der Waals surface area contributed by atoms with Crippen molar-refractivity contribution in [1.29, 1.82) is 0 Å². The molecule has 1 heterocycles. The fourth-order valence-electron chi connectivity index (χ4n) is 11.6. The molecule has 184 valence electrons. The summed E-state index contributed by atoms with van der Waals surface area (Å²) in [6.45, 7) is 17.0. The summed E-state index contributed by atoms with van der Waals surface area (Å²) in [5, 5.41) is 0. The number of rotatable bonds is 0. The number of Topliss-reactive ketones (excluding diaryl/α,β-unsaturated/α-hetero) is 1. The van der Waals surface area contributed by atoms with E-state index in [1.165, 1.54) is 32.1 Å². The quantitative estimate of drug-likeness (QED) is 0.371. The summed E-state index contributed by atoms with van der Waals surface area (Å²) in [4.78, 5) is 26.3. The summed E-state index contributed by atoms with van der Waals surface area (Å²) >= 11 is 0. The lowest BCUT2D eigenvalue weighted by molar-refractivity contribution is -0.239. The van der Waals surface area contributed by atoms with Gasteiger partial charge in [-0.25, -0.2) is 0 Å². The van der Waals surface area contributed by atoms with Crippen LogP contribution in [0.4, 0.5) is 0 Å². The number of ether oxygens (including phenoxy) is 1. The number of hydrogen-bond donors (Lipinski definition) is 0. The van der Waals surface area contributed by atoms with Crippen LogP contribution in [0.5, 0.6) is 0 Å². The number of fused-ring (bicyclic) bond motifs is 5. The number of carbonyl (C=O) groups is 2. The summed E-state index contributed by atoms with van der Waals surface area (Å²) in [5.74, 6) is 2.80. The zero-order chi connectivity index (χ0) is 23.8. The van der Waals surface area contributed by atoms with Crippen molar-refractivity contribution in [1.82, 2.24) is 0 Å². The molecule has 2 bridgehead atoms. The molecule has 2 unspecified atom stereocenters. The van der Waals surface area contributed by atoms with Crippen LogP contribution in [0.3, 0.4) is 0 Å². The first kappa shape index (κ1) is 22.6. The largest absolute Gasteiger partial charge is 0.461 e. The summed E-state index contributed by atoms with van der Waals surface area (Å²) < 4.78 is 6.27. The van der Waals surface area contributed by atoms with Crippen molar-refractivity contribution >= 4 is 11.8 Å². The first-order chi connectivity index (χ1) is 15.2. The Balaban J connectivity index is 1.42. The van der Waals surface area contributed by atoms with Gasteiger partial charge in [-0.3, -0.25) is 9.59 Å². The first-order valence-electron chi connectivity index (χ1n) is 14.0. The van der Waals surface area contributed by atoms with Crippen molar-refractivity contribution in [2.24, 2.45) is 56.2 Å². The Morgan fingerprint density at radius 2 is 1.42 bits per heavy atom. The molecule has 0 spiro atoms. The third kappa shape index (κ3) is 2.39. The van der Waals surface area contributed by atoms with E-state index in [1.54, 1.807) is 0 Å². The molecule has 1 aliphatic heterocycles. The molecular formula is C30H46O3. The van der Waals surface area contributed by atoms with Gasteiger partial charge in [-0.2, -0.15) is 0 Å². The second kappa shape index (κ2) is 6.28. The lowest BCUT2D eigenvalue weighted by Gasteiger charge is -2.72. The Hall–Kier alpha value is -0.860. The third-order valence-corrected chi connectivity index (χ3v) is 13.8. The minimum Gasteiger partial charge on any atom is -0.461 e. The summed E-state index contributed by atoms with van der Waals surface area (Å²) in [6.07, 6.45) is 11.2. The Kier molecular flexibility index (Phi) is 4.30. The van der Waals surface area contributed by atoms with Crippen molar-refractivity contribution in [2.75, 3.05) is 0 Å². The maximum Gasteiger partial charge on any atom is 0.312 e. The average molecular weight is 455 g/mol. The van der Waals surface area contributed by atoms with Crippen LogP contribution in [-0.2, 0) is 14.3 Å². The maximum absolute atomic E-state index is 13.3. The van der Waals surface area contributed by atoms with Crippen molar-refractivity contribution in [3.05, 3.63) is 0 Å². The SMILES string of the molecule is CC1(C)C(=O)CC[C@@]2(C)C1CC[C@]1(C)C2CC[C@@H]2[C@H]3[C@H]4OC(=O)[C@@]3(CCC4(C)C)CC[C@]21C. The van der Waals surface area contributed by atoms with Crippen LogP contribution >= 0.6 is 0 Å². The van der Waals surface area contributed by atoms with Crippen LogP contribution in [0.1, 0.15) is 113 Å². The highest BCUT2D eigenvalue weighted by molar-refractivity contribution is 5.85. The smallest absolute Gasteiger partial charge is 0.312 e. The molecule has 0 aromatic heterocycles. The Morgan fingerprint density at radius 1 is 0.727 bits per heavy atom. The molecule has 0 N–H and O–H groups in total. The summed E-state index contributed by atoms with van der Waals surface area (Å²) in [6, 6.07) is 0. The van der Waals surface area contributed by atoms with Gasteiger partial charge in [-0.15, -0.1) is 0 Å². The number of esters is 1. The van der Waals surface area contributed by atoms with E-state index in [0.29, 0.717) is 29.5 Å². The fraction of sp³-hybridized carbons (Fsp3) is 0.933. The molecule has 1 saturated heterocycles. The van der Waals surface area contributed by atoms with Crippen LogP contribution in [0, 0.1) is 56.2 Å². The molecule has 5 saturated carbocycles. The van der Waals surface area contributed by atoms with Gasteiger partial charge < -0.3 is 4.74 Å². The Bertz CT molecular complexity index is 918. The molecule has 0 radical (unpaired) electrons. The number of ketones is 1. The standard InChI is InChI=1S/C30H46O3/c1-25(2)14-16-30-17-15-28(6)18(22(30)23(25)33-24(30)32)8-9-20-27(5)12-11-21(31)26(3,4)19(27)10-13-29(20,28)7/h18-20,22-23H,8-17H2,1-7H3/t18-,19?,20?,22+,23-,27+,28-,29-,30+/m1/s1. The predicted octanol–water partition coefficient (Wildman–Crippen LogP) is 6.97. The van der Waals surface area contributed by atoms with Gasteiger partial charge in [0.2, 0.25) is 0 Å². The topological polar surface area (TPSA) is 43.4 Å². The number of carbonyl (C=O) groups excluding carboxylic acids is 2. The molecule has 9 atom stereocenters. The molecule has 5 aliphatic carbocycles. The highest BCUT2D eigenvalue weighted by atomic mass is 16.6. The van der Waals surface area contributed by atoms with Crippen molar-refractivity contribution < 1.29 is 14.3 Å². The van der Waals surface area contributed by atoms with Gasteiger partial charge in [0.25, 0.3) is 0 Å². The Morgan fingerprint density at radius 3 is 2.15 bits per heavy atom. The summed E-state index contributed by atoms with van der Waals surface area (Å²) in [5.41, 5.74) is 0.494. The van der Waals surface area contributed by atoms with Crippen molar-refractivity contribution in [3.63, 3.8) is 0 Å². The minimum absolute atomic E-state index is 0.0910. The number of hydrogen-bond acceptors (Lipinski definition) is 3. The zero-order valence-corrected chi connectivity index (χ0v) is 22.2. The molecule has 6 rings (SSSR count). The zero-order valence-electron chi connectivity index (χ0n) is 22.2. The van der Waals surface area contributed by atoms with Gasteiger partial charge in [0.15, 0.2) is 0 Å². The van der Waals surface area contributed by atoms with Crippen LogP contribution < -0.4 is 0 Å². The van der Waals surface area contributed by atoms with E-state index >= 15 is 0 Å². The van der Waals surface area contributed by atoms with Crippen molar-refractivity contribution in [2.45, 2.75) is 119 Å². The molecule has 0 amide bonds. The van der Waals surface area contributed by atoms with Crippen LogP contribution in [0.15, 0.2) is 0 Å². The van der Waals surface area contributed by atoms with Crippen LogP contribution in [0.25, 0.3) is 0 Å². The normalized spacial score (nSPS) is 56.2. The predicted molar refractivity (Wildman–Crippen MR) is 129 cm³/mol. The van der Waals surface area contributed by atoms with Crippen LogP contribution in [0.2, 0.25) is 0 Å². The van der Waals surface area contributed by atoms with Gasteiger partial charge in [0.05, 0.1) is 5.41 Å². The highest BCUT2D eigenvalue weighted by Crippen LogP contribution is 2.77. The average Bonchev–Trinajstić information content (AvgIpc) is 2.99. The van der Waals surface area contributed by atoms with Crippen molar-refractivity contribution in [3.8, 4) is 0 Å². The van der Waals surface area contributed by atoms with Gasteiger partial charge in [-0.1, -0.05) is 48.5 Å². The lowest BCUT2D eigenvalue weighted by atomic mass is 9.31. The van der Waals surface area contributed by atoms with E-state index in [1.807, 2.05) is 0 Å². The molecule has 0 aromatic rings. The van der Waals surface area contributed by atoms with E-state index in [0.717, 1.165) is 32.1 Å². The second-order valence-corrected chi connectivity index (χ2v) is 15.3. The van der Waals surface area contributed by atoms with Gasteiger partial charge in [0, 0.05) is 23.2 Å². The fourth-order valence-corrected chi connectivity index (χ4v) is 11.6. The van der Waals surface area contributed by atoms with Gasteiger partial charge in [-0.05, 0) is 91.8 Å². The van der Waals surface area contributed by atoms with E-state index in [4.69, 9.17) is 4.74 Å². The Labute approximate surface area is 201 Å². The van der Waals surface area contributed by atoms with E-state index in [9.17, 15) is 9.59 Å². The first-order valence-corrected chi connectivity index (χ1v) is 14.0. The molecule has 6 aliphatic rings. The molecule has 3 heteroatoms. The molecular weight excluding hydrogens is 408 g/mol. The molecule has 6 fully saturated rings. The molecule has 0 aromatic carbocycles. The minimum atomic E-state index is -0.200. The van der Waals surface area contributed by atoms with Gasteiger partial charge >= 0.3 is 5.97 Å². The summed E-state index contributed by atoms with van der Waals surface area (Å²) in [7, 11) is 0. The molecule has 3 nitrogen and oxygen atoms in total. The van der Waals surface area contributed by atoms with E-state index < -0.39 is 0 Å². The second-order valence-electron chi connectivity index (χ2n) is 15.3. The van der Waals surface area contributed by atoms with Crippen LogP contribution in [-0.4, -0.2) is 17.9 Å². The van der Waals surface area contributed by atoms with Gasteiger partial charge in [0.1, 0.15) is 11.9 Å². The molecule has 33 heavy (non-hydrogen) atoms. The van der Waals surface area contributed by atoms with E-state index in [2.05, 4.69) is 48.5 Å². The van der Waals surface area contributed by atoms with E-state index in [-0.39, 0.29) is 44.6 Å². The lowest BCUT2D eigenvalue weighted by Crippen LogP contribution is -2.67. The monoisotopic (exact) mass is 454 g/mol. The highest BCUT2D eigenvalue weighted by Gasteiger charge is 2.75.